The molecule has 0 unspecified atom stereocenters. The lowest BCUT2D eigenvalue weighted by molar-refractivity contribution is -0.179. The summed E-state index contributed by atoms with van der Waals surface area (Å²) in [6.45, 7) is 15.0. The zero-order chi connectivity index (χ0) is 41.2. The standard InChI is InChI=1S/C42H58ClN3O8S2/c1-25(2)19-34-39(49)52-32(26(3)36-37(54-36)29-16-13-27(14-17-29)22-44-24-42(6,7)56-55-9)11-10-12-35(47)46-31(21-28-15-18-33(51-8)30(43)20-28)38(48)45-23-41(4,5)40(50)53-34/h10,12-18,20,25-26,31-32,34,36-37,44H,11,19,21-24H2,1-9H3,(H,45,48)(H,46,47)/t26-,31+,32-,34-,36+,37+/m0/s1. The average Bonchev–Trinajstić information content (AvgIpc) is 3.93. The van der Waals surface area contributed by atoms with Gasteiger partial charge in [-0.1, -0.05) is 90.4 Å². The van der Waals surface area contributed by atoms with Crippen LogP contribution >= 0.6 is 33.2 Å². The second-order valence-corrected chi connectivity index (χ2v) is 19.7. The first-order chi connectivity index (χ1) is 26.4. The van der Waals surface area contributed by atoms with Gasteiger partial charge < -0.3 is 34.9 Å². The van der Waals surface area contributed by atoms with Gasteiger partial charge >= 0.3 is 11.9 Å². The molecule has 4 rings (SSSR count). The highest BCUT2D eigenvalue weighted by atomic mass is 35.5. The molecule has 2 amide bonds. The van der Waals surface area contributed by atoms with E-state index in [2.05, 4.69) is 60.3 Å². The highest BCUT2D eigenvalue weighted by Gasteiger charge is 2.48. The third-order valence-corrected chi connectivity index (χ3v) is 12.7. The molecule has 1 fully saturated rings. The molecule has 3 N–H and O–H groups in total. The van der Waals surface area contributed by atoms with E-state index < -0.39 is 47.4 Å². The molecule has 6 atom stereocenters. The monoisotopic (exact) mass is 831 g/mol. The van der Waals surface area contributed by atoms with Crippen LogP contribution < -0.4 is 20.7 Å². The Bertz CT molecular complexity index is 1700. The number of epoxide rings is 1. The lowest BCUT2D eigenvalue weighted by atomic mass is 9.92. The maximum atomic E-state index is 13.8. The zero-order valence-corrected chi connectivity index (χ0v) is 36.3. The molecule has 0 bridgehead atoms. The maximum absolute atomic E-state index is 13.8. The van der Waals surface area contributed by atoms with E-state index in [1.807, 2.05) is 31.6 Å². The number of carbonyl (C=O) groups is 4. The Morgan fingerprint density at radius 1 is 1.04 bits per heavy atom. The molecule has 0 spiro atoms. The van der Waals surface area contributed by atoms with Crippen molar-refractivity contribution < 1.29 is 38.1 Å². The fourth-order valence-corrected chi connectivity index (χ4v) is 8.83. The third kappa shape index (κ3) is 13.4. The van der Waals surface area contributed by atoms with E-state index in [4.69, 9.17) is 30.5 Å². The topological polar surface area (TPSA) is 145 Å². The van der Waals surface area contributed by atoms with Gasteiger partial charge in [0.05, 0.1) is 23.7 Å². The summed E-state index contributed by atoms with van der Waals surface area (Å²) in [5.74, 6) is -2.12. The van der Waals surface area contributed by atoms with Crippen molar-refractivity contribution in [3.8, 4) is 5.75 Å². The first-order valence-electron chi connectivity index (χ1n) is 19.1. The highest BCUT2D eigenvalue weighted by Crippen LogP contribution is 2.45. The Morgan fingerprint density at radius 3 is 2.38 bits per heavy atom. The number of methoxy groups -OCH3 is 1. The van der Waals surface area contributed by atoms with E-state index in [1.165, 1.54) is 18.7 Å². The number of esters is 2. The van der Waals surface area contributed by atoms with E-state index in [0.717, 1.165) is 18.7 Å². The number of carbonyl (C=O) groups excluding carboxylic acids is 4. The predicted octanol–water partition coefficient (Wildman–Crippen LogP) is 7.00. The van der Waals surface area contributed by atoms with Crippen LogP contribution in [0.15, 0.2) is 54.6 Å². The summed E-state index contributed by atoms with van der Waals surface area (Å²) in [7, 11) is 5.13. The summed E-state index contributed by atoms with van der Waals surface area (Å²) in [5, 5.41) is 9.49. The number of amides is 2. The predicted molar refractivity (Wildman–Crippen MR) is 224 cm³/mol. The van der Waals surface area contributed by atoms with Crippen molar-refractivity contribution in [2.75, 3.05) is 26.5 Å². The van der Waals surface area contributed by atoms with Crippen molar-refractivity contribution in [2.45, 2.75) is 109 Å². The molecule has 2 aromatic rings. The molecular weight excluding hydrogens is 774 g/mol. The molecule has 2 aromatic carbocycles. The Morgan fingerprint density at radius 2 is 1.73 bits per heavy atom. The summed E-state index contributed by atoms with van der Waals surface area (Å²) < 4.78 is 23.5. The van der Waals surface area contributed by atoms with Gasteiger partial charge in [-0.15, -0.1) is 0 Å². The average molecular weight is 833 g/mol. The van der Waals surface area contributed by atoms with E-state index in [-0.39, 0.29) is 54.6 Å². The molecule has 2 heterocycles. The van der Waals surface area contributed by atoms with Crippen LogP contribution in [0.3, 0.4) is 0 Å². The second-order valence-electron chi connectivity index (χ2n) is 16.2. The van der Waals surface area contributed by atoms with Crippen LogP contribution in [0.25, 0.3) is 0 Å². The molecule has 11 nitrogen and oxygen atoms in total. The van der Waals surface area contributed by atoms with Gasteiger partial charge in [-0.2, -0.15) is 0 Å². The van der Waals surface area contributed by atoms with Gasteiger partial charge in [0.25, 0.3) is 0 Å². The quantitative estimate of drug-likeness (QED) is 0.103. The summed E-state index contributed by atoms with van der Waals surface area (Å²) in [5.41, 5.74) is 1.67. The van der Waals surface area contributed by atoms with Crippen molar-refractivity contribution in [1.29, 1.82) is 0 Å². The summed E-state index contributed by atoms with van der Waals surface area (Å²) in [4.78, 5) is 54.2. The molecule has 1 saturated heterocycles. The van der Waals surface area contributed by atoms with E-state index >= 15 is 0 Å². The molecule has 0 saturated carbocycles. The molecule has 0 aromatic heterocycles. The van der Waals surface area contributed by atoms with E-state index in [0.29, 0.717) is 16.3 Å². The number of benzene rings is 2. The third-order valence-electron chi connectivity index (χ3n) is 9.78. The Balaban J connectivity index is 1.53. The number of cyclic esters (lactones) is 2. The normalized spacial score (nSPS) is 24.2. The largest absolute Gasteiger partial charge is 0.495 e. The first-order valence-corrected chi connectivity index (χ1v) is 22.0. The molecular formula is C42H58ClN3O8S2. The first kappa shape index (κ1) is 45.5. The van der Waals surface area contributed by atoms with Crippen LogP contribution in [0.4, 0.5) is 0 Å². The number of hydrogen-bond donors (Lipinski definition) is 3. The summed E-state index contributed by atoms with van der Waals surface area (Å²) in [6, 6.07) is 12.5. The number of nitrogens with one attached hydrogen (secondary N) is 3. The second kappa shape index (κ2) is 20.5. The Kier molecular flexibility index (Phi) is 16.6. The van der Waals surface area contributed by atoms with Crippen molar-refractivity contribution in [1.82, 2.24) is 16.0 Å². The van der Waals surface area contributed by atoms with Gasteiger partial charge in [0, 0.05) is 43.1 Å². The summed E-state index contributed by atoms with van der Waals surface area (Å²) >= 11 is 6.36. The molecule has 308 valence electrons. The van der Waals surface area contributed by atoms with Crippen LogP contribution in [0.1, 0.15) is 84.1 Å². The molecule has 2 aliphatic heterocycles. The minimum Gasteiger partial charge on any atom is -0.495 e. The van der Waals surface area contributed by atoms with Crippen molar-refractivity contribution in [2.24, 2.45) is 17.3 Å². The number of halogens is 1. The van der Waals surface area contributed by atoms with Crippen LogP contribution in [0.5, 0.6) is 5.75 Å². The van der Waals surface area contributed by atoms with Gasteiger partial charge in [-0.05, 0) is 81.2 Å². The van der Waals surface area contributed by atoms with Crippen LogP contribution in [-0.2, 0) is 46.4 Å². The SMILES string of the molecule is COc1ccc(C[C@H]2NC(=O)C=CC[C@@H]([C@H](C)[C@H]3O[C@@H]3c3ccc(CNCC(C)(C)SSC)cc3)OC(=O)[C@H](CC(C)C)OC(=O)C(C)(C)CNC2=O)cc1Cl. The molecule has 0 aliphatic carbocycles. The van der Waals surface area contributed by atoms with Gasteiger partial charge in [0.15, 0.2) is 6.10 Å². The highest BCUT2D eigenvalue weighted by molar-refractivity contribution is 8.77. The molecule has 2 aliphatic rings. The van der Waals surface area contributed by atoms with Gasteiger partial charge in [-0.25, -0.2) is 4.79 Å². The van der Waals surface area contributed by atoms with Gasteiger partial charge in [0.2, 0.25) is 11.8 Å². The van der Waals surface area contributed by atoms with E-state index in [1.54, 1.807) is 48.9 Å². The molecule has 0 radical (unpaired) electrons. The van der Waals surface area contributed by atoms with Crippen molar-refractivity contribution >= 4 is 56.9 Å². The van der Waals surface area contributed by atoms with Gasteiger partial charge in [0.1, 0.15) is 24.0 Å². The smallest absolute Gasteiger partial charge is 0.347 e. The Hall–Kier alpha value is -3.23. The minimum atomic E-state index is -1.21. The number of hydrogen-bond acceptors (Lipinski definition) is 11. The molecule has 14 heteroatoms. The fraction of sp³-hybridized carbons (Fsp3) is 0.571. The molecule has 56 heavy (non-hydrogen) atoms. The fourth-order valence-electron chi connectivity index (χ4n) is 6.41. The van der Waals surface area contributed by atoms with Crippen LogP contribution in [-0.4, -0.2) is 79.3 Å². The van der Waals surface area contributed by atoms with Crippen molar-refractivity contribution in [3.05, 3.63) is 76.3 Å². The van der Waals surface area contributed by atoms with Gasteiger partial charge in [-0.3, -0.25) is 14.4 Å². The Labute approximate surface area is 344 Å². The lowest BCUT2D eigenvalue weighted by Gasteiger charge is -2.29. The number of ether oxygens (including phenoxy) is 4. The number of rotatable bonds is 14. The summed E-state index contributed by atoms with van der Waals surface area (Å²) in [6.07, 6.45) is 3.30. The zero-order valence-electron chi connectivity index (χ0n) is 33.9. The maximum Gasteiger partial charge on any atom is 0.347 e. The lowest BCUT2D eigenvalue weighted by Crippen LogP contribution is -2.51. The van der Waals surface area contributed by atoms with Crippen LogP contribution in [0, 0.1) is 17.3 Å². The van der Waals surface area contributed by atoms with Crippen molar-refractivity contribution in [3.63, 3.8) is 0 Å². The minimum absolute atomic E-state index is 0.00971. The van der Waals surface area contributed by atoms with Crippen LogP contribution in [0.2, 0.25) is 5.02 Å². The van der Waals surface area contributed by atoms with E-state index in [9.17, 15) is 19.2 Å².